The normalized spacial score (nSPS) is 28.9. The second-order valence-corrected chi connectivity index (χ2v) is 10.8. The first-order valence-electron chi connectivity index (χ1n) is 13.3. The van der Waals surface area contributed by atoms with E-state index in [0.717, 1.165) is 62.6 Å². The number of ether oxygens (including phenoxy) is 2. The molecule has 5 rings (SSSR count). The van der Waals surface area contributed by atoms with E-state index in [0.29, 0.717) is 25.1 Å². The van der Waals surface area contributed by atoms with Crippen LogP contribution < -0.4 is 0 Å². The van der Waals surface area contributed by atoms with E-state index >= 15 is 0 Å². The van der Waals surface area contributed by atoms with Crippen LogP contribution in [-0.2, 0) is 25.7 Å². The number of nitrogens with zero attached hydrogens (tertiary/aromatic N) is 1. The number of methoxy groups -OCH3 is 1. The second-order valence-electron chi connectivity index (χ2n) is 10.8. The number of piperidine rings is 1. The minimum atomic E-state index is -0.362. The van der Waals surface area contributed by atoms with Gasteiger partial charge >= 0.3 is 11.9 Å². The van der Waals surface area contributed by atoms with Crippen molar-refractivity contribution in [1.29, 1.82) is 0 Å². The van der Waals surface area contributed by atoms with Crippen molar-refractivity contribution < 1.29 is 23.5 Å². The quantitative estimate of drug-likeness (QED) is 0.478. The summed E-state index contributed by atoms with van der Waals surface area (Å²) in [6.45, 7) is 1.85. The molecule has 0 spiro atoms. The molecule has 36 heavy (non-hydrogen) atoms. The number of esters is 2. The van der Waals surface area contributed by atoms with Crippen LogP contribution in [0.1, 0.15) is 62.0 Å². The van der Waals surface area contributed by atoms with Gasteiger partial charge in [0, 0.05) is 12.6 Å². The van der Waals surface area contributed by atoms with E-state index in [4.69, 9.17) is 9.47 Å². The molecule has 2 saturated carbocycles. The largest absolute Gasteiger partial charge is 0.469 e. The van der Waals surface area contributed by atoms with Crippen LogP contribution in [-0.4, -0.2) is 43.1 Å². The van der Waals surface area contributed by atoms with E-state index in [-0.39, 0.29) is 35.0 Å². The van der Waals surface area contributed by atoms with E-state index in [1.165, 1.54) is 19.2 Å². The Balaban J connectivity index is 1.23. The van der Waals surface area contributed by atoms with Gasteiger partial charge in [0.15, 0.2) is 0 Å². The molecular weight excluding hydrogens is 457 g/mol. The second kappa shape index (κ2) is 10.7. The van der Waals surface area contributed by atoms with Gasteiger partial charge in [-0.1, -0.05) is 42.5 Å². The summed E-state index contributed by atoms with van der Waals surface area (Å²) in [5, 5.41) is 0. The number of hydrogen-bond donors (Lipinski definition) is 0. The van der Waals surface area contributed by atoms with Crippen molar-refractivity contribution in [3.05, 3.63) is 71.5 Å². The maximum atomic E-state index is 13.5. The minimum Gasteiger partial charge on any atom is -0.469 e. The molecule has 0 unspecified atom stereocenters. The van der Waals surface area contributed by atoms with Gasteiger partial charge in [-0.2, -0.15) is 0 Å². The highest BCUT2D eigenvalue weighted by Gasteiger charge is 2.54. The number of halogens is 1. The minimum absolute atomic E-state index is 0.0245. The number of benzene rings is 2. The standard InChI is InChI=1S/C30H36FNO4/c1-35-28(33)27-19-32(18-15-26(27)22-7-11-24(31)12-8-22)25-13-16-30(17-14-25,23-9-10-23)29(34)36-20-21-5-3-2-4-6-21/h2-8,11-12,23,25-27H,9-10,13-20H2,1H3/t25?,26-,27+,30?/m0/s1. The number of carbonyl (C=O) groups is 2. The maximum absolute atomic E-state index is 13.5. The summed E-state index contributed by atoms with van der Waals surface area (Å²) < 4.78 is 24.5. The van der Waals surface area contributed by atoms with Crippen LogP contribution in [0.3, 0.4) is 0 Å². The average Bonchev–Trinajstić information content (AvgIpc) is 3.78. The fourth-order valence-corrected chi connectivity index (χ4v) is 6.57. The first-order chi connectivity index (χ1) is 17.5. The van der Waals surface area contributed by atoms with Crippen molar-refractivity contribution in [2.24, 2.45) is 17.3 Å². The van der Waals surface area contributed by atoms with Gasteiger partial charge in [0.05, 0.1) is 18.4 Å². The Morgan fingerprint density at radius 2 is 1.67 bits per heavy atom. The summed E-state index contributed by atoms with van der Waals surface area (Å²) in [5.74, 6) is -0.323. The Kier molecular flexibility index (Phi) is 7.42. The van der Waals surface area contributed by atoms with Crippen LogP contribution in [0.2, 0.25) is 0 Å². The molecule has 0 bridgehead atoms. The Morgan fingerprint density at radius 1 is 0.972 bits per heavy atom. The van der Waals surface area contributed by atoms with Crippen LogP contribution in [0.4, 0.5) is 4.39 Å². The van der Waals surface area contributed by atoms with Gasteiger partial charge in [-0.3, -0.25) is 14.5 Å². The van der Waals surface area contributed by atoms with Gasteiger partial charge in [0.1, 0.15) is 12.4 Å². The maximum Gasteiger partial charge on any atom is 0.312 e. The number of hydrogen-bond acceptors (Lipinski definition) is 5. The highest BCUT2D eigenvalue weighted by molar-refractivity contribution is 5.78. The summed E-state index contributed by atoms with van der Waals surface area (Å²) in [5.41, 5.74) is 1.65. The van der Waals surface area contributed by atoms with E-state index in [9.17, 15) is 14.0 Å². The lowest BCUT2D eigenvalue weighted by atomic mass is 9.68. The Labute approximate surface area is 213 Å². The third-order valence-corrected chi connectivity index (χ3v) is 8.79. The molecule has 2 aromatic carbocycles. The lowest BCUT2D eigenvalue weighted by Gasteiger charge is -2.46. The summed E-state index contributed by atoms with van der Waals surface area (Å²) in [7, 11) is 1.44. The zero-order valence-corrected chi connectivity index (χ0v) is 21.0. The van der Waals surface area contributed by atoms with Gasteiger partial charge in [0.2, 0.25) is 0 Å². The smallest absolute Gasteiger partial charge is 0.312 e. The molecule has 1 aliphatic heterocycles. The van der Waals surface area contributed by atoms with E-state index in [1.54, 1.807) is 12.1 Å². The zero-order chi connectivity index (χ0) is 25.1. The highest BCUT2D eigenvalue weighted by Crippen LogP contribution is 2.55. The zero-order valence-electron chi connectivity index (χ0n) is 21.0. The number of likely N-dealkylation sites (tertiary alicyclic amines) is 1. The molecule has 2 aliphatic carbocycles. The lowest BCUT2D eigenvalue weighted by Crippen LogP contribution is -2.51. The third kappa shape index (κ3) is 5.19. The highest BCUT2D eigenvalue weighted by atomic mass is 19.1. The molecule has 0 radical (unpaired) electrons. The van der Waals surface area contributed by atoms with E-state index in [1.807, 2.05) is 30.3 Å². The van der Waals surface area contributed by atoms with Gasteiger partial charge in [-0.15, -0.1) is 0 Å². The van der Waals surface area contributed by atoms with Crippen LogP contribution in [0.5, 0.6) is 0 Å². The molecule has 6 heteroatoms. The van der Waals surface area contributed by atoms with Crippen molar-refractivity contribution in [1.82, 2.24) is 4.90 Å². The average molecular weight is 494 g/mol. The number of rotatable bonds is 7. The van der Waals surface area contributed by atoms with Gasteiger partial charge < -0.3 is 9.47 Å². The van der Waals surface area contributed by atoms with Gasteiger partial charge in [-0.25, -0.2) is 4.39 Å². The van der Waals surface area contributed by atoms with Gasteiger partial charge in [-0.05, 0) is 86.6 Å². The predicted molar refractivity (Wildman–Crippen MR) is 134 cm³/mol. The molecule has 0 aromatic heterocycles. The first-order valence-corrected chi connectivity index (χ1v) is 13.3. The van der Waals surface area contributed by atoms with Crippen molar-refractivity contribution in [2.45, 2.75) is 63.5 Å². The molecule has 3 fully saturated rings. The molecule has 5 nitrogen and oxygen atoms in total. The monoisotopic (exact) mass is 493 g/mol. The molecule has 2 aromatic rings. The summed E-state index contributed by atoms with van der Waals surface area (Å²) >= 11 is 0. The molecule has 1 heterocycles. The van der Waals surface area contributed by atoms with Crippen LogP contribution in [0.25, 0.3) is 0 Å². The van der Waals surface area contributed by atoms with Crippen molar-refractivity contribution in [3.8, 4) is 0 Å². The molecular formula is C30H36FNO4. The predicted octanol–water partition coefficient (Wildman–Crippen LogP) is 5.49. The van der Waals surface area contributed by atoms with Crippen LogP contribution >= 0.6 is 0 Å². The van der Waals surface area contributed by atoms with Crippen LogP contribution in [0.15, 0.2) is 54.6 Å². The summed E-state index contributed by atoms with van der Waals surface area (Å²) in [4.78, 5) is 28.5. The van der Waals surface area contributed by atoms with E-state index < -0.39 is 0 Å². The molecule has 3 aliphatic rings. The van der Waals surface area contributed by atoms with Crippen molar-refractivity contribution in [3.63, 3.8) is 0 Å². The van der Waals surface area contributed by atoms with Crippen molar-refractivity contribution in [2.75, 3.05) is 20.2 Å². The molecule has 0 amide bonds. The topological polar surface area (TPSA) is 55.8 Å². The Hall–Kier alpha value is -2.73. The van der Waals surface area contributed by atoms with Gasteiger partial charge in [0.25, 0.3) is 0 Å². The molecule has 1 saturated heterocycles. The first kappa shape index (κ1) is 24.9. The SMILES string of the molecule is COC(=O)[C@@H]1CN(C2CCC(C(=O)OCc3ccccc3)(C3CC3)CC2)CC[C@H]1c1ccc(F)cc1. The Morgan fingerprint density at radius 3 is 2.31 bits per heavy atom. The Bertz CT molecular complexity index is 1040. The lowest BCUT2D eigenvalue weighted by molar-refractivity contribution is -0.162. The van der Waals surface area contributed by atoms with E-state index in [2.05, 4.69) is 4.90 Å². The third-order valence-electron chi connectivity index (χ3n) is 8.79. The summed E-state index contributed by atoms with van der Waals surface area (Å²) in [6.07, 6.45) is 6.61. The fraction of sp³-hybridized carbons (Fsp3) is 0.533. The fourth-order valence-electron chi connectivity index (χ4n) is 6.57. The summed E-state index contributed by atoms with van der Waals surface area (Å²) in [6, 6.07) is 16.7. The molecule has 2 atom stereocenters. The van der Waals surface area contributed by atoms with Crippen LogP contribution in [0, 0.1) is 23.1 Å². The molecule has 0 N–H and O–H groups in total. The molecule has 192 valence electrons. The van der Waals surface area contributed by atoms with Crippen molar-refractivity contribution >= 4 is 11.9 Å². The number of carbonyl (C=O) groups excluding carboxylic acids is 2.